The minimum absolute atomic E-state index is 0.609. The zero-order chi connectivity index (χ0) is 13.1. The highest BCUT2D eigenvalue weighted by Gasteiger charge is 2.04. The van der Waals surface area contributed by atoms with E-state index in [1.54, 1.807) is 13.1 Å². The molecule has 0 fully saturated rings. The van der Waals surface area contributed by atoms with Crippen LogP contribution in [-0.2, 0) is 13.0 Å². The van der Waals surface area contributed by atoms with E-state index in [2.05, 4.69) is 31.5 Å². The summed E-state index contributed by atoms with van der Waals surface area (Å²) >= 11 is 0. The first-order valence-electron chi connectivity index (χ1n) is 6.24. The molecule has 0 amide bonds. The summed E-state index contributed by atoms with van der Waals surface area (Å²) in [4.78, 5) is 11.6. The molecule has 0 radical (unpaired) electrons. The smallest absolute Gasteiger partial charge is 0.223 e. The molecule has 0 atom stereocenters. The standard InChI is InChI=1S/C13H15N5O/c1-9-17-12(18-19-9)4-6-14-7-10-8-16-13-11(10)3-2-5-15-13/h2-3,5,8,14H,4,6-7H2,1H3,(H,15,16). The lowest BCUT2D eigenvalue weighted by molar-refractivity contribution is 0.387. The summed E-state index contributed by atoms with van der Waals surface area (Å²) in [7, 11) is 0. The number of aromatic amines is 1. The van der Waals surface area contributed by atoms with Crippen molar-refractivity contribution in [2.24, 2.45) is 0 Å². The van der Waals surface area contributed by atoms with Crippen LogP contribution in [0, 0.1) is 6.92 Å². The van der Waals surface area contributed by atoms with E-state index in [4.69, 9.17) is 4.52 Å². The molecule has 2 N–H and O–H groups in total. The van der Waals surface area contributed by atoms with Gasteiger partial charge in [-0.3, -0.25) is 0 Å². The molecule has 3 aromatic rings. The van der Waals surface area contributed by atoms with Gasteiger partial charge in [-0.2, -0.15) is 4.98 Å². The number of nitrogens with one attached hydrogen (secondary N) is 2. The fourth-order valence-corrected chi connectivity index (χ4v) is 2.03. The molecule has 0 saturated heterocycles. The van der Waals surface area contributed by atoms with Crippen LogP contribution in [0.5, 0.6) is 0 Å². The van der Waals surface area contributed by atoms with Gasteiger partial charge < -0.3 is 14.8 Å². The van der Waals surface area contributed by atoms with Gasteiger partial charge in [-0.25, -0.2) is 4.98 Å². The van der Waals surface area contributed by atoms with Crippen LogP contribution in [0.3, 0.4) is 0 Å². The van der Waals surface area contributed by atoms with E-state index in [0.29, 0.717) is 5.89 Å². The van der Waals surface area contributed by atoms with E-state index in [0.717, 1.165) is 36.4 Å². The number of pyridine rings is 1. The average molecular weight is 257 g/mol. The van der Waals surface area contributed by atoms with Crippen molar-refractivity contribution in [2.75, 3.05) is 6.54 Å². The van der Waals surface area contributed by atoms with Crippen molar-refractivity contribution in [1.29, 1.82) is 0 Å². The van der Waals surface area contributed by atoms with Crippen LogP contribution >= 0.6 is 0 Å². The minimum Gasteiger partial charge on any atom is -0.346 e. The SMILES string of the molecule is Cc1nc(CCNCc2c[nH]c3ncccc23)no1. The second kappa shape index (κ2) is 5.19. The molecule has 19 heavy (non-hydrogen) atoms. The summed E-state index contributed by atoms with van der Waals surface area (Å²) in [6.45, 7) is 3.40. The Morgan fingerprint density at radius 2 is 2.37 bits per heavy atom. The highest BCUT2D eigenvalue weighted by atomic mass is 16.5. The Morgan fingerprint density at radius 1 is 1.42 bits per heavy atom. The third-order valence-corrected chi connectivity index (χ3v) is 2.95. The molecule has 3 heterocycles. The monoisotopic (exact) mass is 257 g/mol. The molecular weight excluding hydrogens is 242 g/mol. The molecule has 0 aliphatic carbocycles. The molecule has 6 heteroatoms. The van der Waals surface area contributed by atoms with Gasteiger partial charge in [0, 0.05) is 44.2 Å². The molecule has 98 valence electrons. The quantitative estimate of drug-likeness (QED) is 0.678. The Kier molecular flexibility index (Phi) is 3.24. The average Bonchev–Trinajstić information content (AvgIpc) is 3.02. The minimum atomic E-state index is 0.609. The predicted molar refractivity (Wildman–Crippen MR) is 70.5 cm³/mol. The summed E-state index contributed by atoms with van der Waals surface area (Å²) in [6.07, 6.45) is 4.54. The molecule has 0 spiro atoms. The number of hydrogen-bond donors (Lipinski definition) is 2. The first kappa shape index (κ1) is 11.9. The van der Waals surface area contributed by atoms with E-state index in [-0.39, 0.29) is 0 Å². The van der Waals surface area contributed by atoms with Gasteiger partial charge in [-0.1, -0.05) is 5.16 Å². The second-order valence-electron chi connectivity index (χ2n) is 4.37. The van der Waals surface area contributed by atoms with Crippen molar-refractivity contribution in [1.82, 2.24) is 25.4 Å². The topological polar surface area (TPSA) is 79.6 Å². The lowest BCUT2D eigenvalue weighted by Gasteiger charge is -2.01. The van der Waals surface area contributed by atoms with Crippen LogP contribution in [0.4, 0.5) is 0 Å². The number of H-pyrrole nitrogens is 1. The first-order valence-corrected chi connectivity index (χ1v) is 6.24. The summed E-state index contributed by atoms with van der Waals surface area (Å²) in [5, 5.41) is 8.38. The fraction of sp³-hybridized carbons (Fsp3) is 0.308. The highest BCUT2D eigenvalue weighted by Crippen LogP contribution is 2.14. The third-order valence-electron chi connectivity index (χ3n) is 2.95. The van der Waals surface area contributed by atoms with Gasteiger partial charge in [0.25, 0.3) is 0 Å². The maximum absolute atomic E-state index is 4.92. The normalized spacial score (nSPS) is 11.2. The zero-order valence-corrected chi connectivity index (χ0v) is 10.7. The van der Waals surface area contributed by atoms with Crippen LogP contribution in [0.25, 0.3) is 11.0 Å². The van der Waals surface area contributed by atoms with Crippen molar-refractivity contribution in [3.63, 3.8) is 0 Å². The molecule has 0 aliphatic rings. The molecule has 3 rings (SSSR count). The van der Waals surface area contributed by atoms with Crippen molar-refractivity contribution >= 4 is 11.0 Å². The molecule has 3 aromatic heterocycles. The van der Waals surface area contributed by atoms with Gasteiger partial charge in [0.1, 0.15) is 5.65 Å². The zero-order valence-electron chi connectivity index (χ0n) is 10.7. The summed E-state index contributed by atoms with van der Waals surface area (Å²) in [5.41, 5.74) is 2.14. The Labute approximate surface area is 110 Å². The van der Waals surface area contributed by atoms with E-state index in [1.165, 1.54) is 5.56 Å². The molecule has 0 bridgehead atoms. The van der Waals surface area contributed by atoms with Crippen LogP contribution in [0.1, 0.15) is 17.3 Å². The van der Waals surface area contributed by atoms with Gasteiger partial charge in [0.15, 0.2) is 5.82 Å². The van der Waals surface area contributed by atoms with E-state index in [9.17, 15) is 0 Å². The lowest BCUT2D eigenvalue weighted by Crippen LogP contribution is -2.17. The summed E-state index contributed by atoms with van der Waals surface area (Å²) < 4.78 is 4.92. The second-order valence-corrected chi connectivity index (χ2v) is 4.37. The molecular formula is C13H15N5O. The fourth-order valence-electron chi connectivity index (χ4n) is 2.03. The molecule has 0 unspecified atom stereocenters. The van der Waals surface area contributed by atoms with Crippen molar-refractivity contribution in [3.05, 3.63) is 41.8 Å². The lowest BCUT2D eigenvalue weighted by atomic mass is 10.2. The van der Waals surface area contributed by atoms with Crippen LogP contribution < -0.4 is 5.32 Å². The third kappa shape index (κ3) is 2.63. The van der Waals surface area contributed by atoms with Crippen LogP contribution in [0.15, 0.2) is 29.0 Å². The molecule has 6 nitrogen and oxygen atoms in total. The summed E-state index contributed by atoms with van der Waals surface area (Å²) in [5.74, 6) is 1.35. The van der Waals surface area contributed by atoms with E-state index in [1.807, 2.05) is 12.3 Å². The van der Waals surface area contributed by atoms with Crippen LogP contribution in [-0.4, -0.2) is 26.7 Å². The molecule has 0 aromatic carbocycles. The van der Waals surface area contributed by atoms with E-state index < -0.39 is 0 Å². The van der Waals surface area contributed by atoms with Crippen molar-refractivity contribution in [3.8, 4) is 0 Å². The van der Waals surface area contributed by atoms with E-state index >= 15 is 0 Å². The van der Waals surface area contributed by atoms with Gasteiger partial charge in [0.05, 0.1) is 0 Å². The number of rotatable bonds is 5. The predicted octanol–water partition coefficient (Wildman–Crippen LogP) is 1.59. The maximum Gasteiger partial charge on any atom is 0.223 e. The highest BCUT2D eigenvalue weighted by molar-refractivity contribution is 5.79. The first-order chi connectivity index (χ1) is 9.33. The number of nitrogens with zero attached hydrogens (tertiary/aromatic N) is 3. The largest absolute Gasteiger partial charge is 0.346 e. The Morgan fingerprint density at radius 3 is 3.21 bits per heavy atom. The molecule has 0 saturated carbocycles. The Bertz CT molecular complexity index is 672. The summed E-state index contributed by atoms with van der Waals surface area (Å²) in [6, 6.07) is 4.01. The maximum atomic E-state index is 4.92. The van der Waals surface area contributed by atoms with Gasteiger partial charge in [-0.15, -0.1) is 0 Å². The Balaban J connectivity index is 1.55. The van der Waals surface area contributed by atoms with Crippen molar-refractivity contribution in [2.45, 2.75) is 19.9 Å². The van der Waals surface area contributed by atoms with Crippen LogP contribution in [0.2, 0.25) is 0 Å². The number of aryl methyl sites for hydroxylation is 1. The number of fused-ring (bicyclic) bond motifs is 1. The number of aromatic nitrogens is 4. The van der Waals surface area contributed by atoms with Gasteiger partial charge in [0.2, 0.25) is 5.89 Å². The Hall–Kier alpha value is -2.21. The van der Waals surface area contributed by atoms with Gasteiger partial charge >= 0.3 is 0 Å². The number of hydrogen-bond acceptors (Lipinski definition) is 5. The molecule has 0 aliphatic heterocycles. The van der Waals surface area contributed by atoms with Gasteiger partial charge in [-0.05, 0) is 17.7 Å². The van der Waals surface area contributed by atoms with Crippen molar-refractivity contribution < 1.29 is 4.52 Å².